The Morgan fingerprint density at radius 3 is 2.67 bits per heavy atom. The van der Waals surface area contributed by atoms with E-state index >= 15 is 0 Å². The largest absolute Gasteiger partial charge is 0.493 e. The number of nitrogens with zero attached hydrogens (tertiary/aromatic N) is 5. The zero-order valence-electron chi connectivity index (χ0n) is 22.1. The summed E-state index contributed by atoms with van der Waals surface area (Å²) in [6.45, 7) is 6.25. The number of piperidine rings is 1. The minimum absolute atomic E-state index is 0.0134. The standard InChI is InChI=1S/C31H34FN5O2/c32-27-10-1-2-11-29(27)35-17-15-34(16-18-35)20-24-7-5-9-26(19-24)39-23-25-8-6-14-37(21-25)31(38)28-22-36-13-4-3-12-30(36)33-28/h1-5,7,9-13,19,22,25H,6,8,14-18,20-21,23H2. The lowest BCUT2D eigenvalue weighted by Crippen LogP contribution is -2.46. The zero-order chi connectivity index (χ0) is 26.6. The monoisotopic (exact) mass is 527 g/mol. The number of carbonyl (C=O) groups excluding carboxylic acids is 1. The predicted octanol–water partition coefficient (Wildman–Crippen LogP) is 4.73. The molecule has 202 valence electrons. The fraction of sp³-hybridized carbons (Fsp3) is 0.355. The number of likely N-dealkylation sites (tertiary alicyclic amines) is 1. The second kappa shape index (κ2) is 11.5. The molecule has 39 heavy (non-hydrogen) atoms. The van der Waals surface area contributed by atoms with Crippen LogP contribution in [0.2, 0.25) is 0 Å². The number of para-hydroxylation sites is 1. The van der Waals surface area contributed by atoms with Crippen molar-refractivity contribution in [1.82, 2.24) is 19.2 Å². The number of aromatic nitrogens is 2. The molecule has 2 aliphatic heterocycles. The highest BCUT2D eigenvalue weighted by molar-refractivity contribution is 5.93. The van der Waals surface area contributed by atoms with Gasteiger partial charge < -0.3 is 18.9 Å². The number of hydrogen-bond acceptors (Lipinski definition) is 5. The van der Waals surface area contributed by atoms with E-state index in [4.69, 9.17) is 4.74 Å². The van der Waals surface area contributed by atoms with Crippen LogP contribution in [0.1, 0.15) is 28.9 Å². The van der Waals surface area contributed by atoms with Gasteiger partial charge in [0.1, 0.15) is 22.9 Å². The summed E-state index contributed by atoms with van der Waals surface area (Å²) in [7, 11) is 0. The lowest BCUT2D eigenvalue weighted by atomic mass is 9.98. The van der Waals surface area contributed by atoms with Crippen LogP contribution >= 0.6 is 0 Å². The Morgan fingerprint density at radius 2 is 1.82 bits per heavy atom. The first kappa shape index (κ1) is 25.4. The first-order valence-electron chi connectivity index (χ1n) is 13.8. The van der Waals surface area contributed by atoms with Gasteiger partial charge in [0.05, 0.1) is 12.3 Å². The summed E-state index contributed by atoms with van der Waals surface area (Å²) in [5.74, 6) is 0.980. The molecule has 2 aromatic heterocycles. The van der Waals surface area contributed by atoms with Crippen LogP contribution in [0.25, 0.3) is 5.65 Å². The highest BCUT2D eigenvalue weighted by Crippen LogP contribution is 2.23. The molecule has 2 fully saturated rings. The molecular weight excluding hydrogens is 493 g/mol. The van der Waals surface area contributed by atoms with Gasteiger partial charge in [0.15, 0.2) is 0 Å². The van der Waals surface area contributed by atoms with Crippen molar-refractivity contribution >= 4 is 17.2 Å². The molecule has 4 heterocycles. The average Bonchev–Trinajstić information content (AvgIpc) is 3.41. The number of anilines is 1. The summed E-state index contributed by atoms with van der Waals surface area (Å²) in [4.78, 5) is 24.1. The lowest BCUT2D eigenvalue weighted by Gasteiger charge is -2.36. The molecule has 2 saturated heterocycles. The predicted molar refractivity (Wildman–Crippen MR) is 150 cm³/mol. The van der Waals surface area contributed by atoms with E-state index in [0.29, 0.717) is 24.5 Å². The van der Waals surface area contributed by atoms with Gasteiger partial charge >= 0.3 is 0 Å². The molecule has 7 nitrogen and oxygen atoms in total. The number of rotatable bonds is 7. The van der Waals surface area contributed by atoms with Gasteiger partial charge in [-0.15, -0.1) is 0 Å². The third kappa shape index (κ3) is 5.91. The molecular formula is C31H34FN5O2. The summed E-state index contributed by atoms with van der Waals surface area (Å²) in [6, 6.07) is 21.1. The van der Waals surface area contributed by atoms with Gasteiger partial charge in [-0.05, 0) is 54.8 Å². The van der Waals surface area contributed by atoms with Crippen molar-refractivity contribution in [1.29, 1.82) is 0 Å². The van der Waals surface area contributed by atoms with Gasteiger partial charge in [0.25, 0.3) is 5.91 Å². The average molecular weight is 528 g/mol. The van der Waals surface area contributed by atoms with Gasteiger partial charge in [-0.3, -0.25) is 9.69 Å². The number of amides is 1. The third-order valence-electron chi connectivity index (χ3n) is 7.75. The number of hydrogen-bond donors (Lipinski definition) is 0. The first-order chi connectivity index (χ1) is 19.1. The van der Waals surface area contributed by atoms with Crippen molar-refractivity contribution in [2.75, 3.05) is 50.8 Å². The van der Waals surface area contributed by atoms with Crippen molar-refractivity contribution in [3.05, 3.63) is 96.2 Å². The maximum Gasteiger partial charge on any atom is 0.274 e. The number of ether oxygens (including phenoxy) is 1. The molecule has 1 unspecified atom stereocenters. The second-order valence-corrected chi connectivity index (χ2v) is 10.5. The Morgan fingerprint density at radius 1 is 0.974 bits per heavy atom. The van der Waals surface area contributed by atoms with E-state index in [1.807, 2.05) is 64.2 Å². The minimum Gasteiger partial charge on any atom is -0.493 e. The Hall–Kier alpha value is -3.91. The van der Waals surface area contributed by atoms with Gasteiger partial charge in [-0.2, -0.15) is 0 Å². The summed E-state index contributed by atoms with van der Waals surface area (Å²) in [5, 5.41) is 0. The van der Waals surface area contributed by atoms with E-state index in [2.05, 4.69) is 26.9 Å². The van der Waals surface area contributed by atoms with Crippen molar-refractivity contribution in [2.24, 2.45) is 5.92 Å². The van der Waals surface area contributed by atoms with E-state index in [9.17, 15) is 9.18 Å². The normalized spacial score (nSPS) is 18.4. The SMILES string of the molecule is O=C(c1cn2ccccc2n1)N1CCCC(COc2cccc(CN3CCN(c4ccccc4F)CC3)c2)C1. The summed E-state index contributed by atoms with van der Waals surface area (Å²) >= 11 is 0. The molecule has 0 radical (unpaired) electrons. The third-order valence-corrected chi connectivity index (χ3v) is 7.75. The van der Waals surface area contributed by atoms with E-state index in [1.165, 1.54) is 11.6 Å². The van der Waals surface area contributed by atoms with Crippen LogP contribution < -0.4 is 9.64 Å². The van der Waals surface area contributed by atoms with Crippen molar-refractivity contribution in [2.45, 2.75) is 19.4 Å². The van der Waals surface area contributed by atoms with E-state index in [1.54, 1.807) is 6.07 Å². The number of imidazole rings is 1. The maximum absolute atomic E-state index is 14.2. The molecule has 0 saturated carbocycles. The number of benzene rings is 2. The number of fused-ring (bicyclic) bond motifs is 1. The molecule has 0 bridgehead atoms. The highest BCUT2D eigenvalue weighted by Gasteiger charge is 2.26. The van der Waals surface area contributed by atoms with Crippen LogP contribution in [0, 0.1) is 11.7 Å². The minimum atomic E-state index is -0.156. The Labute approximate surface area is 228 Å². The Balaban J connectivity index is 1.00. The van der Waals surface area contributed by atoms with Gasteiger partial charge in [-0.1, -0.05) is 30.3 Å². The van der Waals surface area contributed by atoms with Crippen LogP contribution in [-0.4, -0.2) is 71.0 Å². The summed E-state index contributed by atoms with van der Waals surface area (Å²) < 4.78 is 22.3. The van der Waals surface area contributed by atoms with E-state index < -0.39 is 0 Å². The molecule has 0 spiro atoms. The van der Waals surface area contributed by atoms with Crippen molar-refractivity contribution in [3.63, 3.8) is 0 Å². The molecule has 0 aliphatic carbocycles. The molecule has 1 atom stereocenters. The highest BCUT2D eigenvalue weighted by atomic mass is 19.1. The molecule has 4 aromatic rings. The molecule has 2 aliphatic rings. The number of piperazine rings is 1. The van der Waals surface area contributed by atoms with Gasteiger partial charge in [0, 0.05) is 64.1 Å². The first-order valence-corrected chi connectivity index (χ1v) is 13.8. The number of carbonyl (C=O) groups is 1. The molecule has 8 heteroatoms. The van der Waals surface area contributed by atoms with Crippen LogP contribution in [0.5, 0.6) is 5.75 Å². The lowest BCUT2D eigenvalue weighted by molar-refractivity contribution is 0.0628. The van der Waals surface area contributed by atoms with Crippen LogP contribution in [0.4, 0.5) is 10.1 Å². The van der Waals surface area contributed by atoms with Gasteiger partial charge in [0.2, 0.25) is 0 Å². The molecule has 6 rings (SSSR count). The zero-order valence-corrected chi connectivity index (χ0v) is 22.1. The molecule has 2 aromatic carbocycles. The molecule has 1 amide bonds. The summed E-state index contributed by atoms with van der Waals surface area (Å²) in [5.41, 5.74) is 3.17. The smallest absolute Gasteiger partial charge is 0.274 e. The van der Waals surface area contributed by atoms with Crippen molar-refractivity contribution in [3.8, 4) is 5.75 Å². The fourth-order valence-electron chi connectivity index (χ4n) is 5.65. The Bertz CT molecular complexity index is 1400. The number of pyridine rings is 1. The van der Waals surface area contributed by atoms with Gasteiger partial charge in [-0.25, -0.2) is 9.37 Å². The second-order valence-electron chi connectivity index (χ2n) is 10.5. The van der Waals surface area contributed by atoms with E-state index in [0.717, 1.165) is 63.5 Å². The van der Waals surface area contributed by atoms with Crippen LogP contribution in [-0.2, 0) is 6.54 Å². The quantitative estimate of drug-likeness (QED) is 0.348. The van der Waals surface area contributed by atoms with Crippen LogP contribution in [0.15, 0.2) is 79.1 Å². The number of halogens is 1. The summed E-state index contributed by atoms with van der Waals surface area (Å²) in [6.07, 6.45) is 5.72. The fourth-order valence-corrected chi connectivity index (χ4v) is 5.65. The van der Waals surface area contributed by atoms with Crippen LogP contribution in [0.3, 0.4) is 0 Å². The maximum atomic E-state index is 14.2. The van der Waals surface area contributed by atoms with Crippen molar-refractivity contribution < 1.29 is 13.9 Å². The Kier molecular flexibility index (Phi) is 7.45. The van der Waals surface area contributed by atoms with E-state index in [-0.39, 0.29) is 17.6 Å². The molecule has 0 N–H and O–H groups in total. The topological polar surface area (TPSA) is 53.3 Å².